The van der Waals surface area contributed by atoms with Crippen LogP contribution in [-0.2, 0) is 28.0 Å². The fraction of sp³-hybridized carbons (Fsp3) is 0.308. The number of anilines is 1. The maximum absolute atomic E-state index is 13.3. The Labute approximate surface area is 206 Å². The largest absolute Gasteiger partial charge is 0.493 e. The molecule has 8 nitrogen and oxygen atoms in total. The molecule has 1 aliphatic carbocycles. The van der Waals surface area contributed by atoms with Crippen molar-refractivity contribution in [3.63, 3.8) is 0 Å². The second-order valence-corrected chi connectivity index (χ2v) is 9.96. The van der Waals surface area contributed by atoms with Gasteiger partial charge in [0.15, 0.2) is 10.7 Å². The van der Waals surface area contributed by atoms with Crippen LogP contribution in [0.5, 0.6) is 5.75 Å². The number of rotatable bonds is 4. The third kappa shape index (κ3) is 3.76. The molecule has 178 valence electrons. The minimum atomic E-state index is -1.20. The molecule has 2 N–H and O–H groups in total. The number of benzene rings is 2. The number of nitrogens with zero attached hydrogens (tertiary/aromatic N) is 2. The van der Waals surface area contributed by atoms with Gasteiger partial charge in [0.25, 0.3) is 5.91 Å². The number of ether oxygens (including phenoxy) is 1. The van der Waals surface area contributed by atoms with Crippen LogP contribution in [0, 0.1) is 0 Å². The first kappa shape index (κ1) is 21.8. The molecule has 0 saturated carbocycles. The van der Waals surface area contributed by atoms with Gasteiger partial charge in [0.05, 0.1) is 12.3 Å². The number of nitrogens with one attached hydrogen (secondary N) is 2. The third-order valence-electron chi connectivity index (χ3n) is 6.95. The molecule has 2 aliphatic heterocycles. The summed E-state index contributed by atoms with van der Waals surface area (Å²) in [4.78, 5) is 44.4. The van der Waals surface area contributed by atoms with Gasteiger partial charge in [-0.05, 0) is 48.9 Å². The van der Waals surface area contributed by atoms with Gasteiger partial charge in [-0.25, -0.2) is 9.78 Å². The van der Waals surface area contributed by atoms with E-state index in [1.54, 1.807) is 18.2 Å². The lowest BCUT2D eigenvalue weighted by atomic mass is 9.84. The van der Waals surface area contributed by atoms with Crippen molar-refractivity contribution in [2.45, 2.75) is 37.6 Å². The number of urea groups is 1. The van der Waals surface area contributed by atoms with E-state index in [9.17, 15) is 14.4 Å². The zero-order valence-corrected chi connectivity index (χ0v) is 19.8. The second-order valence-electron chi connectivity index (χ2n) is 9.10. The maximum atomic E-state index is 13.3. The summed E-state index contributed by atoms with van der Waals surface area (Å²) >= 11 is 1.32. The first-order valence-electron chi connectivity index (χ1n) is 11.8. The van der Waals surface area contributed by atoms with Crippen molar-refractivity contribution in [1.82, 2.24) is 15.2 Å². The highest BCUT2D eigenvalue weighted by atomic mass is 32.1. The van der Waals surface area contributed by atoms with Crippen LogP contribution < -0.4 is 15.4 Å². The molecule has 0 unspecified atom stereocenters. The standard InChI is InChI=1S/C26H24N4O4S/c31-22(28-24-27-20(15-35-24)18-10-9-16-5-1-2-6-17(16)13-18)14-30-23(32)26(29-25(30)33)11-12-34-21-8-4-3-7-19(21)26/h3-4,7-10,13,15H,1-2,5-6,11-12,14H2,(H,29,33)(H,27,28,31)/t26-/m1/s1. The van der Waals surface area contributed by atoms with Crippen molar-refractivity contribution < 1.29 is 19.1 Å². The number of carbonyl (C=O) groups excluding carboxylic acids is 3. The van der Waals surface area contributed by atoms with Gasteiger partial charge in [-0.1, -0.05) is 30.3 Å². The number of aryl methyl sites for hydroxylation is 2. The van der Waals surface area contributed by atoms with E-state index in [1.807, 2.05) is 11.4 Å². The third-order valence-corrected chi connectivity index (χ3v) is 7.71. The number of fused-ring (bicyclic) bond motifs is 3. The van der Waals surface area contributed by atoms with E-state index in [-0.39, 0.29) is 6.54 Å². The second kappa shape index (κ2) is 8.49. The zero-order chi connectivity index (χ0) is 24.0. The first-order chi connectivity index (χ1) is 17.0. The van der Waals surface area contributed by atoms with Crippen LogP contribution in [0.15, 0.2) is 47.8 Å². The molecule has 4 amide bonds. The summed E-state index contributed by atoms with van der Waals surface area (Å²) in [6.07, 6.45) is 4.95. The molecule has 0 bridgehead atoms. The normalized spacial score (nSPS) is 20.7. The number of aromatic nitrogens is 1. The lowest BCUT2D eigenvalue weighted by Gasteiger charge is -2.33. The van der Waals surface area contributed by atoms with E-state index < -0.39 is 23.4 Å². The lowest BCUT2D eigenvalue weighted by molar-refractivity contribution is -0.135. The SMILES string of the molecule is O=C(CN1C(=O)N[C@@]2(CCOc3ccccc32)C1=O)Nc1nc(-c2ccc3c(c2)CCCC3)cs1. The van der Waals surface area contributed by atoms with Crippen molar-refractivity contribution in [3.05, 3.63) is 64.5 Å². The van der Waals surface area contributed by atoms with Gasteiger partial charge >= 0.3 is 6.03 Å². The van der Waals surface area contributed by atoms with E-state index in [4.69, 9.17) is 4.74 Å². The highest BCUT2D eigenvalue weighted by Crippen LogP contribution is 2.41. The molecule has 6 rings (SSSR count). The van der Waals surface area contributed by atoms with Crippen molar-refractivity contribution in [2.75, 3.05) is 18.5 Å². The number of carbonyl (C=O) groups is 3. The predicted molar refractivity (Wildman–Crippen MR) is 131 cm³/mol. The Hall–Kier alpha value is -3.72. The summed E-state index contributed by atoms with van der Waals surface area (Å²) in [5.74, 6) is -0.351. The Morgan fingerprint density at radius 2 is 1.97 bits per heavy atom. The van der Waals surface area contributed by atoms with Crippen LogP contribution in [-0.4, -0.2) is 40.9 Å². The number of amides is 4. The summed E-state index contributed by atoms with van der Waals surface area (Å²) in [6.45, 7) is -0.0865. The Morgan fingerprint density at radius 1 is 1.14 bits per heavy atom. The molecule has 1 spiro atoms. The van der Waals surface area contributed by atoms with Crippen molar-refractivity contribution in [2.24, 2.45) is 0 Å². The topological polar surface area (TPSA) is 101 Å². The summed E-state index contributed by atoms with van der Waals surface area (Å²) in [7, 11) is 0. The average molecular weight is 489 g/mol. The highest BCUT2D eigenvalue weighted by Gasteiger charge is 2.55. The summed E-state index contributed by atoms with van der Waals surface area (Å²) in [6, 6.07) is 13.0. The van der Waals surface area contributed by atoms with E-state index in [0.717, 1.165) is 29.0 Å². The van der Waals surface area contributed by atoms with Gasteiger partial charge in [0, 0.05) is 22.9 Å². The lowest BCUT2D eigenvalue weighted by Crippen LogP contribution is -2.48. The monoisotopic (exact) mass is 488 g/mol. The molecule has 1 atom stereocenters. The van der Waals surface area contributed by atoms with Crippen LogP contribution in [0.2, 0.25) is 0 Å². The Balaban J connectivity index is 1.16. The smallest absolute Gasteiger partial charge is 0.325 e. The van der Waals surface area contributed by atoms with Gasteiger partial charge < -0.3 is 15.4 Å². The molecule has 2 aromatic carbocycles. The molecule has 1 aromatic heterocycles. The Bertz CT molecular complexity index is 1350. The molecule has 1 saturated heterocycles. The minimum absolute atomic E-state index is 0.299. The van der Waals surface area contributed by atoms with Crippen LogP contribution >= 0.6 is 11.3 Å². The molecule has 9 heteroatoms. The van der Waals surface area contributed by atoms with Crippen LogP contribution in [0.3, 0.4) is 0 Å². The summed E-state index contributed by atoms with van der Waals surface area (Å²) in [5.41, 5.74) is 4.01. The summed E-state index contributed by atoms with van der Waals surface area (Å²) in [5, 5.41) is 7.89. The van der Waals surface area contributed by atoms with E-state index in [0.29, 0.717) is 29.5 Å². The number of para-hydroxylation sites is 1. The molecular weight excluding hydrogens is 464 g/mol. The quantitative estimate of drug-likeness (QED) is 0.543. The highest BCUT2D eigenvalue weighted by molar-refractivity contribution is 7.14. The van der Waals surface area contributed by atoms with E-state index in [1.165, 1.54) is 35.3 Å². The van der Waals surface area contributed by atoms with Crippen molar-refractivity contribution >= 4 is 34.3 Å². The van der Waals surface area contributed by atoms with Crippen molar-refractivity contribution in [1.29, 1.82) is 0 Å². The molecule has 35 heavy (non-hydrogen) atoms. The van der Waals surface area contributed by atoms with Crippen LogP contribution in [0.25, 0.3) is 11.3 Å². The Morgan fingerprint density at radius 3 is 2.86 bits per heavy atom. The van der Waals surface area contributed by atoms with Crippen LogP contribution in [0.1, 0.15) is 36.0 Å². The molecule has 0 radical (unpaired) electrons. The number of hydrogen-bond acceptors (Lipinski definition) is 6. The molecule has 3 aromatic rings. The van der Waals surface area contributed by atoms with Gasteiger partial charge in [-0.15, -0.1) is 11.3 Å². The van der Waals surface area contributed by atoms with Gasteiger partial charge in [-0.3, -0.25) is 14.5 Å². The average Bonchev–Trinajstić information content (AvgIpc) is 3.43. The molecule has 1 fully saturated rings. The first-order valence-corrected chi connectivity index (χ1v) is 12.7. The van der Waals surface area contributed by atoms with Crippen LogP contribution in [0.4, 0.5) is 9.93 Å². The fourth-order valence-electron chi connectivity index (χ4n) is 5.17. The fourth-order valence-corrected chi connectivity index (χ4v) is 5.91. The van der Waals surface area contributed by atoms with E-state index >= 15 is 0 Å². The number of hydrogen-bond donors (Lipinski definition) is 2. The summed E-state index contributed by atoms with van der Waals surface area (Å²) < 4.78 is 5.65. The van der Waals surface area contributed by atoms with Gasteiger partial charge in [0.1, 0.15) is 12.3 Å². The Kier molecular flexibility index (Phi) is 5.29. The molecular formula is C26H24N4O4S. The zero-order valence-electron chi connectivity index (χ0n) is 19.0. The molecule has 3 aliphatic rings. The predicted octanol–water partition coefficient (Wildman–Crippen LogP) is 3.86. The molecule has 3 heterocycles. The van der Waals surface area contributed by atoms with Gasteiger partial charge in [-0.2, -0.15) is 0 Å². The maximum Gasteiger partial charge on any atom is 0.325 e. The number of thiazole rings is 1. The van der Waals surface area contributed by atoms with Gasteiger partial charge in [0.2, 0.25) is 5.91 Å². The van der Waals surface area contributed by atoms with E-state index in [2.05, 4.69) is 33.8 Å². The number of imide groups is 1. The van der Waals surface area contributed by atoms with Crippen molar-refractivity contribution in [3.8, 4) is 17.0 Å². The minimum Gasteiger partial charge on any atom is -0.493 e.